The van der Waals surface area contributed by atoms with E-state index < -0.39 is 12.4 Å². The molecule has 1 aliphatic rings. The Hall–Kier alpha value is -1.76. The number of methoxy groups -OCH3 is 1. The summed E-state index contributed by atoms with van der Waals surface area (Å²) in [4.78, 5) is 0. The summed E-state index contributed by atoms with van der Waals surface area (Å²) in [6, 6.07) is 19.8. The van der Waals surface area contributed by atoms with Gasteiger partial charge in [0.05, 0.1) is 32.0 Å². The second-order valence-electron chi connectivity index (χ2n) is 6.44. The van der Waals surface area contributed by atoms with E-state index in [0.717, 1.165) is 11.1 Å². The lowest BCUT2D eigenvalue weighted by molar-refractivity contribution is -0.276. The van der Waals surface area contributed by atoms with Crippen molar-refractivity contribution in [1.29, 1.82) is 0 Å². The highest BCUT2D eigenvalue weighted by molar-refractivity contribution is 5.14. The molecular weight excluding hydrogens is 332 g/mol. The first-order valence-corrected chi connectivity index (χ1v) is 8.90. The molecular formula is C21H26O5. The van der Waals surface area contributed by atoms with Gasteiger partial charge in [0.15, 0.2) is 6.29 Å². The van der Waals surface area contributed by atoms with Crippen LogP contribution in [0.25, 0.3) is 0 Å². The van der Waals surface area contributed by atoms with Crippen LogP contribution in [0.5, 0.6) is 0 Å². The highest BCUT2D eigenvalue weighted by atomic mass is 16.7. The van der Waals surface area contributed by atoms with E-state index in [1.807, 2.05) is 60.7 Å². The molecule has 0 radical (unpaired) electrons. The molecule has 0 bridgehead atoms. The molecule has 26 heavy (non-hydrogen) atoms. The van der Waals surface area contributed by atoms with Crippen LogP contribution in [0.1, 0.15) is 17.5 Å². The van der Waals surface area contributed by atoms with Crippen molar-refractivity contribution in [2.24, 2.45) is 0 Å². The van der Waals surface area contributed by atoms with Crippen LogP contribution in [0.2, 0.25) is 0 Å². The Kier molecular flexibility index (Phi) is 7.17. The molecule has 0 unspecified atom stereocenters. The maximum absolute atomic E-state index is 10.4. The Morgan fingerprint density at radius 2 is 1.50 bits per heavy atom. The van der Waals surface area contributed by atoms with Gasteiger partial charge in [0.2, 0.25) is 0 Å². The fourth-order valence-electron chi connectivity index (χ4n) is 3.10. The number of aliphatic hydroxyl groups is 1. The van der Waals surface area contributed by atoms with E-state index in [1.165, 1.54) is 0 Å². The third-order valence-electron chi connectivity index (χ3n) is 4.42. The lowest BCUT2D eigenvalue weighted by atomic mass is 10.0. The summed E-state index contributed by atoms with van der Waals surface area (Å²) >= 11 is 0. The Morgan fingerprint density at radius 3 is 2.08 bits per heavy atom. The van der Waals surface area contributed by atoms with Gasteiger partial charge in [0, 0.05) is 13.5 Å². The average Bonchev–Trinajstić information content (AvgIpc) is 2.67. The van der Waals surface area contributed by atoms with Gasteiger partial charge in [-0.1, -0.05) is 60.7 Å². The van der Waals surface area contributed by atoms with Crippen molar-refractivity contribution in [2.75, 3.05) is 13.7 Å². The zero-order valence-corrected chi connectivity index (χ0v) is 15.0. The van der Waals surface area contributed by atoms with Crippen molar-refractivity contribution in [3.63, 3.8) is 0 Å². The van der Waals surface area contributed by atoms with Gasteiger partial charge in [-0.2, -0.15) is 0 Å². The smallest absolute Gasteiger partial charge is 0.184 e. The van der Waals surface area contributed by atoms with E-state index >= 15 is 0 Å². The van der Waals surface area contributed by atoms with E-state index in [-0.39, 0.29) is 12.2 Å². The summed E-state index contributed by atoms with van der Waals surface area (Å²) in [6.45, 7) is 1.27. The van der Waals surface area contributed by atoms with Crippen LogP contribution in [-0.4, -0.2) is 43.4 Å². The van der Waals surface area contributed by atoms with Gasteiger partial charge in [-0.05, 0) is 11.1 Å². The average molecular weight is 358 g/mol. The van der Waals surface area contributed by atoms with Gasteiger partial charge in [-0.3, -0.25) is 0 Å². The summed E-state index contributed by atoms with van der Waals surface area (Å²) in [5, 5.41) is 10.4. The Morgan fingerprint density at radius 1 is 0.923 bits per heavy atom. The van der Waals surface area contributed by atoms with Crippen molar-refractivity contribution < 1.29 is 24.1 Å². The lowest BCUT2D eigenvalue weighted by Gasteiger charge is -2.39. The molecule has 3 rings (SSSR count). The zero-order valence-electron chi connectivity index (χ0n) is 15.0. The van der Waals surface area contributed by atoms with Crippen LogP contribution in [0, 0.1) is 0 Å². The van der Waals surface area contributed by atoms with Crippen molar-refractivity contribution in [3.05, 3.63) is 71.8 Å². The molecule has 0 aromatic heterocycles. The Bertz CT molecular complexity index is 633. The topological polar surface area (TPSA) is 57.2 Å². The summed E-state index contributed by atoms with van der Waals surface area (Å²) in [5.74, 6) is 0. The first kappa shape index (κ1) is 19.0. The van der Waals surface area contributed by atoms with E-state index in [0.29, 0.717) is 26.2 Å². The van der Waals surface area contributed by atoms with Gasteiger partial charge < -0.3 is 24.1 Å². The summed E-state index contributed by atoms with van der Waals surface area (Å²) in [5.41, 5.74) is 2.12. The van der Waals surface area contributed by atoms with Gasteiger partial charge in [-0.25, -0.2) is 0 Å². The van der Waals surface area contributed by atoms with Crippen LogP contribution in [0.4, 0.5) is 0 Å². The van der Waals surface area contributed by atoms with Crippen LogP contribution in [-0.2, 0) is 32.2 Å². The monoisotopic (exact) mass is 358 g/mol. The molecule has 1 aliphatic heterocycles. The van der Waals surface area contributed by atoms with Gasteiger partial charge in [-0.15, -0.1) is 0 Å². The molecule has 5 nitrogen and oxygen atoms in total. The third kappa shape index (κ3) is 5.37. The Balaban J connectivity index is 1.64. The lowest BCUT2D eigenvalue weighted by Crippen LogP contribution is -2.51. The fourth-order valence-corrected chi connectivity index (χ4v) is 3.10. The third-order valence-corrected chi connectivity index (χ3v) is 4.42. The molecule has 0 aliphatic carbocycles. The van der Waals surface area contributed by atoms with Gasteiger partial charge >= 0.3 is 0 Å². The van der Waals surface area contributed by atoms with E-state index in [2.05, 4.69) is 0 Å². The van der Waals surface area contributed by atoms with Crippen LogP contribution >= 0.6 is 0 Å². The first-order valence-electron chi connectivity index (χ1n) is 8.90. The Labute approximate surface area is 154 Å². The van der Waals surface area contributed by atoms with Gasteiger partial charge in [0.1, 0.15) is 6.10 Å². The summed E-state index contributed by atoms with van der Waals surface area (Å²) in [6.07, 6.45) is -1.48. The molecule has 0 amide bonds. The molecule has 1 heterocycles. The molecule has 0 spiro atoms. The minimum absolute atomic E-state index is 0.215. The van der Waals surface area contributed by atoms with Gasteiger partial charge in [0.25, 0.3) is 0 Å². The van der Waals surface area contributed by atoms with Crippen LogP contribution in [0.3, 0.4) is 0 Å². The van der Waals surface area contributed by atoms with Crippen molar-refractivity contribution in [3.8, 4) is 0 Å². The maximum Gasteiger partial charge on any atom is 0.184 e. The maximum atomic E-state index is 10.4. The van der Waals surface area contributed by atoms with Crippen LogP contribution < -0.4 is 0 Å². The van der Waals surface area contributed by atoms with Crippen molar-refractivity contribution in [2.45, 2.75) is 44.2 Å². The quantitative estimate of drug-likeness (QED) is 0.786. The largest absolute Gasteiger partial charge is 0.382 e. The normalized spacial score (nSPS) is 25.9. The molecule has 140 valence electrons. The molecule has 2 aromatic rings. The summed E-state index contributed by atoms with van der Waals surface area (Å²) < 4.78 is 22.9. The predicted molar refractivity (Wildman–Crippen MR) is 97.4 cm³/mol. The zero-order chi connectivity index (χ0) is 18.2. The number of ether oxygens (including phenoxy) is 4. The number of hydrogen-bond donors (Lipinski definition) is 1. The SMILES string of the molecule is COC[C@@H]1C[C@H](OCc2ccccc2)[C@@H](OCc2ccccc2)[C@@H](O)O1. The van der Waals surface area contributed by atoms with E-state index in [9.17, 15) is 5.11 Å². The molecule has 5 heteroatoms. The second kappa shape index (κ2) is 9.80. The summed E-state index contributed by atoms with van der Waals surface area (Å²) in [7, 11) is 1.62. The first-order chi connectivity index (χ1) is 12.8. The molecule has 2 aromatic carbocycles. The number of hydrogen-bond acceptors (Lipinski definition) is 5. The highest BCUT2D eigenvalue weighted by Gasteiger charge is 2.39. The molecule has 1 N–H and O–H groups in total. The molecule has 0 saturated carbocycles. The highest BCUT2D eigenvalue weighted by Crippen LogP contribution is 2.26. The van der Waals surface area contributed by atoms with E-state index in [4.69, 9.17) is 18.9 Å². The van der Waals surface area contributed by atoms with E-state index in [1.54, 1.807) is 7.11 Å². The molecule has 4 atom stereocenters. The number of rotatable bonds is 8. The fraction of sp³-hybridized carbons (Fsp3) is 0.429. The van der Waals surface area contributed by atoms with Crippen molar-refractivity contribution >= 4 is 0 Å². The minimum Gasteiger partial charge on any atom is -0.382 e. The number of benzene rings is 2. The molecule has 1 saturated heterocycles. The molecule has 1 fully saturated rings. The minimum atomic E-state index is -1.05. The number of aliphatic hydroxyl groups excluding tert-OH is 1. The van der Waals surface area contributed by atoms with Crippen molar-refractivity contribution in [1.82, 2.24) is 0 Å². The standard InChI is InChI=1S/C21H26O5/c1-23-15-18-12-19(24-13-16-8-4-2-5-9-16)20(21(22)26-18)25-14-17-10-6-3-7-11-17/h2-11,18-22H,12-15H2,1H3/t18-,19-,20+,21-/m0/s1. The predicted octanol–water partition coefficient (Wildman–Crippen LogP) is 2.91. The van der Waals surface area contributed by atoms with Crippen LogP contribution in [0.15, 0.2) is 60.7 Å². The second-order valence-corrected chi connectivity index (χ2v) is 6.44.